The second-order valence-corrected chi connectivity index (χ2v) is 8.05. The van der Waals surface area contributed by atoms with Crippen molar-refractivity contribution >= 4 is 11.6 Å². The van der Waals surface area contributed by atoms with E-state index in [9.17, 15) is 9.18 Å². The van der Waals surface area contributed by atoms with Crippen LogP contribution in [-0.4, -0.2) is 12.5 Å². The number of halogens is 1. The van der Waals surface area contributed by atoms with Crippen molar-refractivity contribution < 1.29 is 9.18 Å². The number of anilines is 1. The maximum absolute atomic E-state index is 13.2. The largest absolute Gasteiger partial charge is 0.312 e. The van der Waals surface area contributed by atoms with Crippen LogP contribution in [0, 0.1) is 11.2 Å². The zero-order valence-electron chi connectivity index (χ0n) is 16.2. The molecule has 0 spiro atoms. The van der Waals surface area contributed by atoms with Crippen LogP contribution in [0.25, 0.3) is 0 Å². The van der Waals surface area contributed by atoms with Crippen LogP contribution in [0.4, 0.5) is 10.1 Å². The molecule has 0 aliphatic carbocycles. The molecule has 2 nitrogen and oxygen atoms in total. The lowest BCUT2D eigenvalue weighted by atomic mass is 9.69. The zero-order valence-corrected chi connectivity index (χ0v) is 16.2. The van der Waals surface area contributed by atoms with Crippen molar-refractivity contribution in [2.24, 2.45) is 5.41 Å². The van der Waals surface area contributed by atoms with Gasteiger partial charge in [-0.25, -0.2) is 4.39 Å². The molecule has 3 rings (SSSR count). The predicted molar refractivity (Wildman–Crippen MR) is 105 cm³/mol. The lowest BCUT2D eigenvalue weighted by Crippen LogP contribution is -2.38. The van der Waals surface area contributed by atoms with Crippen LogP contribution in [-0.2, 0) is 11.2 Å². The average molecular weight is 353 g/mol. The zero-order chi connectivity index (χ0) is 18.9. The van der Waals surface area contributed by atoms with Gasteiger partial charge in [0.15, 0.2) is 0 Å². The first-order valence-corrected chi connectivity index (χ1v) is 9.47. The smallest absolute Gasteiger partial charge is 0.223 e. The van der Waals surface area contributed by atoms with Crippen LogP contribution in [0.15, 0.2) is 42.5 Å². The molecule has 1 atom stereocenters. The van der Waals surface area contributed by atoms with Crippen LogP contribution in [0.1, 0.15) is 63.1 Å². The molecule has 2 aromatic carbocycles. The minimum absolute atomic E-state index is 0.102. The molecule has 1 amide bonds. The fourth-order valence-corrected chi connectivity index (χ4v) is 4.00. The molecule has 0 saturated heterocycles. The van der Waals surface area contributed by atoms with Crippen molar-refractivity contribution in [2.45, 2.75) is 52.9 Å². The van der Waals surface area contributed by atoms with Gasteiger partial charge in [0.25, 0.3) is 0 Å². The first-order valence-electron chi connectivity index (χ1n) is 9.47. The van der Waals surface area contributed by atoms with Crippen LogP contribution in [0.2, 0.25) is 0 Å². The van der Waals surface area contributed by atoms with Gasteiger partial charge in [-0.1, -0.05) is 51.5 Å². The third-order valence-electron chi connectivity index (χ3n) is 5.96. The molecule has 1 heterocycles. The highest BCUT2D eigenvalue weighted by molar-refractivity contribution is 5.93. The Kier molecular flexibility index (Phi) is 5.17. The van der Waals surface area contributed by atoms with Gasteiger partial charge in [-0.3, -0.25) is 4.79 Å². The summed E-state index contributed by atoms with van der Waals surface area (Å²) in [7, 11) is 0. The van der Waals surface area contributed by atoms with E-state index in [1.165, 1.54) is 23.3 Å². The van der Waals surface area contributed by atoms with Crippen LogP contribution in [0.5, 0.6) is 0 Å². The van der Waals surface area contributed by atoms with E-state index in [0.29, 0.717) is 5.92 Å². The highest BCUT2D eigenvalue weighted by Crippen LogP contribution is 2.47. The molecule has 26 heavy (non-hydrogen) atoms. The van der Waals surface area contributed by atoms with E-state index in [4.69, 9.17) is 0 Å². The van der Waals surface area contributed by atoms with E-state index in [0.717, 1.165) is 37.1 Å². The molecule has 3 heteroatoms. The van der Waals surface area contributed by atoms with Gasteiger partial charge in [0, 0.05) is 19.2 Å². The number of carbonyl (C=O) groups excluding carboxylic acids is 1. The summed E-state index contributed by atoms with van der Waals surface area (Å²) < 4.78 is 13.2. The summed E-state index contributed by atoms with van der Waals surface area (Å²) in [5.74, 6) is 0.331. The Labute approximate surface area is 156 Å². The maximum Gasteiger partial charge on any atom is 0.223 e. The molecule has 0 fully saturated rings. The third kappa shape index (κ3) is 3.67. The van der Waals surface area contributed by atoms with E-state index in [1.54, 1.807) is 6.92 Å². The summed E-state index contributed by atoms with van der Waals surface area (Å²) in [5.41, 5.74) is 4.82. The monoisotopic (exact) mass is 353 g/mol. The molecule has 0 bridgehead atoms. The Morgan fingerprint density at radius 2 is 1.81 bits per heavy atom. The fourth-order valence-electron chi connectivity index (χ4n) is 4.00. The molecular weight excluding hydrogens is 325 g/mol. The highest BCUT2D eigenvalue weighted by Gasteiger charge is 2.36. The van der Waals surface area contributed by atoms with E-state index >= 15 is 0 Å². The Bertz CT molecular complexity index is 794. The van der Waals surface area contributed by atoms with Gasteiger partial charge in [0.1, 0.15) is 5.82 Å². The summed E-state index contributed by atoms with van der Waals surface area (Å²) in [6.45, 7) is 9.30. The topological polar surface area (TPSA) is 20.3 Å². The Morgan fingerprint density at radius 1 is 1.15 bits per heavy atom. The minimum Gasteiger partial charge on any atom is -0.312 e. The summed E-state index contributed by atoms with van der Waals surface area (Å²) in [6.07, 6.45) is 2.86. The van der Waals surface area contributed by atoms with Gasteiger partial charge in [0.05, 0.1) is 0 Å². The molecule has 0 N–H and O–H groups in total. The second-order valence-electron chi connectivity index (χ2n) is 8.05. The second kappa shape index (κ2) is 7.22. The van der Waals surface area contributed by atoms with E-state index < -0.39 is 0 Å². The van der Waals surface area contributed by atoms with Gasteiger partial charge in [0.2, 0.25) is 5.91 Å². The number of hydrogen-bond acceptors (Lipinski definition) is 1. The lowest BCUT2D eigenvalue weighted by Gasteiger charge is -2.42. The van der Waals surface area contributed by atoms with Crippen molar-refractivity contribution in [1.29, 1.82) is 0 Å². The number of hydrogen-bond donors (Lipinski definition) is 0. The number of rotatable bonds is 4. The Hall–Kier alpha value is -2.16. The van der Waals surface area contributed by atoms with Gasteiger partial charge < -0.3 is 4.90 Å². The summed E-state index contributed by atoms with van der Waals surface area (Å²) in [5, 5.41) is 0. The molecular formula is C23H28FNO. The lowest BCUT2D eigenvalue weighted by molar-refractivity contribution is -0.116. The first kappa shape index (κ1) is 18.6. The maximum atomic E-state index is 13.2. The van der Waals surface area contributed by atoms with E-state index in [2.05, 4.69) is 39.0 Å². The third-order valence-corrected chi connectivity index (χ3v) is 5.96. The number of nitrogens with zero attached hydrogens (tertiary/aromatic N) is 1. The van der Waals surface area contributed by atoms with Crippen LogP contribution < -0.4 is 4.90 Å². The van der Waals surface area contributed by atoms with Crippen molar-refractivity contribution in [3.05, 3.63) is 65.0 Å². The van der Waals surface area contributed by atoms with Gasteiger partial charge in [-0.05, 0) is 59.1 Å². The standard InChI is InChI=1S/C23H28FNO/c1-5-23(3,4)21-12-13-25(16(2)26)22-11-8-18(15-20(21)22)14-17-6-9-19(24)10-7-17/h6-11,15,21H,5,12-14H2,1-4H3. The average Bonchev–Trinajstić information content (AvgIpc) is 2.62. The highest BCUT2D eigenvalue weighted by atomic mass is 19.1. The summed E-state index contributed by atoms with van der Waals surface area (Å²) in [6, 6.07) is 13.1. The number of benzene rings is 2. The number of amides is 1. The van der Waals surface area contributed by atoms with E-state index in [1.807, 2.05) is 17.0 Å². The quantitative estimate of drug-likeness (QED) is 0.691. The predicted octanol–water partition coefficient (Wildman–Crippen LogP) is 5.69. The summed E-state index contributed by atoms with van der Waals surface area (Å²) >= 11 is 0. The van der Waals surface area contributed by atoms with Crippen LogP contribution >= 0.6 is 0 Å². The van der Waals surface area contributed by atoms with Crippen LogP contribution in [0.3, 0.4) is 0 Å². The van der Waals surface area contributed by atoms with Crippen molar-refractivity contribution in [3.63, 3.8) is 0 Å². The molecule has 2 aromatic rings. The molecule has 1 unspecified atom stereocenters. The van der Waals surface area contributed by atoms with Gasteiger partial charge >= 0.3 is 0 Å². The number of carbonyl (C=O) groups is 1. The molecule has 1 aliphatic rings. The van der Waals surface area contributed by atoms with Crippen molar-refractivity contribution in [3.8, 4) is 0 Å². The van der Waals surface area contributed by atoms with Gasteiger partial charge in [-0.2, -0.15) is 0 Å². The number of fused-ring (bicyclic) bond motifs is 1. The first-order chi connectivity index (χ1) is 12.3. The summed E-state index contributed by atoms with van der Waals surface area (Å²) in [4.78, 5) is 14.0. The fraction of sp³-hybridized carbons (Fsp3) is 0.435. The molecule has 1 aliphatic heterocycles. The SMILES string of the molecule is CCC(C)(C)C1CCN(C(C)=O)c2ccc(Cc3ccc(F)cc3)cc21. The van der Waals surface area contributed by atoms with Crippen molar-refractivity contribution in [1.82, 2.24) is 0 Å². The Balaban J connectivity index is 2.00. The molecule has 138 valence electrons. The molecule has 0 aromatic heterocycles. The van der Waals surface area contributed by atoms with Gasteiger partial charge in [-0.15, -0.1) is 0 Å². The molecule has 0 saturated carbocycles. The molecule has 0 radical (unpaired) electrons. The normalized spacial score (nSPS) is 17.1. The van der Waals surface area contributed by atoms with Crippen molar-refractivity contribution in [2.75, 3.05) is 11.4 Å². The van der Waals surface area contributed by atoms with E-state index in [-0.39, 0.29) is 17.1 Å². The minimum atomic E-state index is -0.207. The Morgan fingerprint density at radius 3 is 2.42 bits per heavy atom.